The first kappa shape index (κ1) is 23.9. The molecule has 0 saturated carbocycles. The van der Waals surface area contributed by atoms with Crippen molar-refractivity contribution in [2.75, 3.05) is 52.4 Å². The van der Waals surface area contributed by atoms with Crippen molar-refractivity contribution in [3.8, 4) is 0 Å². The number of piperazine rings is 1. The van der Waals surface area contributed by atoms with Gasteiger partial charge in [0.15, 0.2) is 0 Å². The second kappa shape index (κ2) is 10.8. The van der Waals surface area contributed by atoms with Crippen LogP contribution in [0.4, 0.5) is 0 Å². The Kier molecular flexibility index (Phi) is 7.80. The van der Waals surface area contributed by atoms with Gasteiger partial charge in [-0.05, 0) is 56.1 Å². The number of hydrogen-bond acceptors (Lipinski definition) is 5. The van der Waals surface area contributed by atoms with E-state index in [1.807, 2.05) is 35.2 Å². The van der Waals surface area contributed by atoms with E-state index in [0.29, 0.717) is 24.2 Å². The third-order valence-corrected chi connectivity index (χ3v) is 8.17. The maximum atomic E-state index is 13.1. The number of aryl methyl sites for hydroxylation is 1. The van der Waals surface area contributed by atoms with E-state index in [0.717, 1.165) is 31.7 Å². The van der Waals surface area contributed by atoms with Gasteiger partial charge in [-0.25, -0.2) is 13.1 Å². The largest absolute Gasteiger partial charge is 0.336 e. The van der Waals surface area contributed by atoms with Gasteiger partial charge in [-0.3, -0.25) is 9.69 Å². The molecule has 2 saturated heterocycles. The monoisotopic (exact) mass is 470 g/mol. The highest BCUT2D eigenvalue weighted by atomic mass is 32.2. The number of nitrogens with one attached hydrogen (secondary N) is 1. The van der Waals surface area contributed by atoms with Gasteiger partial charge in [0.05, 0.1) is 4.90 Å². The summed E-state index contributed by atoms with van der Waals surface area (Å²) in [5.41, 5.74) is 1.93. The molecule has 0 bridgehead atoms. The highest BCUT2D eigenvalue weighted by molar-refractivity contribution is 7.89. The van der Waals surface area contributed by atoms with Crippen molar-refractivity contribution < 1.29 is 13.2 Å². The van der Waals surface area contributed by atoms with Crippen molar-refractivity contribution in [2.24, 2.45) is 0 Å². The average Bonchev–Trinajstić information content (AvgIpc) is 3.36. The fourth-order valence-electron chi connectivity index (χ4n) is 4.52. The van der Waals surface area contributed by atoms with Crippen LogP contribution in [0.5, 0.6) is 0 Å². The Morgan fingerprint density at radius 2 is 1.52 bits per heavy atom. The Bertz CT molecular complexity index is 1040. The van der Waals surface area contributed by atoms with E-state index in [9.17, 15) is 13.2 Å². The van der Waals surface area contributed by atoms with Gasteiger partial charge in [0.2, 0.25) is 10.0 Å². The normalized spacial score (nSPS) is 18.0. The predicted molar refractivity (Wildman–Crippen MR) is 130 cm³/mol. The Morgan fingerprint density at radius 3 is 2.18 bits per heavy atom. The Balaban J connectivity index is 1.36. The minimum Gasteiger partial charge on any atom is -0.336 e. The third kappa shape index (κ3) is 6.20. The molecule has 7 nitrogen and oxygen atoms in total. The lowest BCUT2D eigenvalue weighted by Gasteiger charge is -2.35. The molecule has 4 rings (SSSR count). The van der Waals surface area contributed by atoms with Crippen molar-refractivity contribution in [1.29, 1.82) is 0 Å². The van der Waals surface area contributed by atoms with Gasteiger partial charge >= 0.3 is 0 Å². The van der Waals surface area contributed by atoms with Gasteiger partial charge in [-0.15, -0.1) is 0 Å². The molecule has 8 heteroatoms. The summed E-state index contributed by atoms with van der Waals surface area (Å²) in [4.78, 5) is 20.1. The predicted octanol–water partition coefficient (Wildman–Crippen LogP) is 2.33. The van der Waals surface area contributed by atoms with Crippen LogP contribution in [0, 0.1) is 6.92 Å². The number of likely N-dealkylation sites (tertiary alicyclic amines) is 1. The minimum atomic E-state index is -3.73. The molecule has 2 aliphatic heterocycles. The van der Waals surface area contributed by atoms with Gasteiger partial charge in [-0.2, -0.15) is 0 Å². The molecule has 2 aromatic carbocycles. The fourth-order valence-corrected chi connectivity index (χ4v) is 5.81. The molecule has 0 radical (unpaired) electrons. The van der Waals surface area contributed by atoms with E-state index >= 15 is 0 Å². The molecule has 1 amide bonds. The Hall–Kier alpha value is -2.26. The van der Waals surface area contributed by atoms with Crippen LogP contribution in [-0.4, -0.2) is 81.4 Å². The van der Waals surface area contributed by atoms with Crippen LogP contribution in [0.2, 0.25) is 0 Å². The van der Waals surface area contributed by atoms with Gasteiger partial charge < -0.3 is 9.80 Å². The molecule has 2 heterocycles. The number of rotatable bonds is 8. The molecule has 0 aliphatic carbocycles. The molecule has 2 aromatic rings. The summed E-state index contributed by atoms with van der Waals surface area (Å²) in [7, 11) is -3.73. The summed E-state index contributed by atoms with van der Waals surface area (Å²) >= 11 is 0. The molecule has 178 valence electrons. The summed E-state index contributed by atoms with van der Waals surface area (Å²) in [5.74, 6) is -0.103. The number of amides is 1. The van der Waals surface area contributed by atoms with Crippen molar-refractivity contribution >= 4 is 15.9 Å². The number of nitrogens with zero attached hydrogens (tertiary/aromatic N) is 3. The SMILES string of the molecule is Cc1ccc(C(=O)N2CCN(CCN3CCCC3)CC2)cc1S(=O)(=O)NCc1ccccc1. The second-order valence-electron chi connectivity index (χ2n) is 8.97. The quantitative estimate of drug-likeness (QED) is 0.641. The lowest BCUT2D eigenvalue weighted by atomic mass is 10.1. The van der Waals surface area contributed by atoms with E-state index in [1.54, 1.807) is 19.1 Å². The van der Waals surface area contributed by atoms with Gasteiger partial charge in [0.25, 0.3) is 5.91 Å². The maximum absolute atomic E-state index is 13.1. The van der Waals surface area contributed by atoms with E-state index < -0.39 is 10.0 Å². The van der Waals surface area contributed by atoms with Crippen molar-refractivity contribution in [3.05, 3.63) is 65.2 Å². The van der Waals surface area contributed by atoms with Crippen molar-refractivity contribution in [3.63, 3.8) is 0 Å². The summed E-state index contributed by atoms with van der Waals surface area (Å²) < 4.78 is 28.6. The Morgan fingerprint density at radius 1 is 0.879 bits per heavy atom. The molecule has 0 atom stereocenters. The van der Waals surface area contributed by atoms with Gasteiger partial charge in [0, 0.05) is 51.4 Å². The van der Waals surface area contributed by atoms with Crippen LogP contribution in [0.3, 0.4) is 0 Å². The smallest absolute Gasteiger partial charge is 0.253 e. The maximum Gasteiger partial charge on any atom is 0.253 e. The van der Waals surface area contributed by atoms with Crippen LogP contribution in [-0.2, 0) is 16.6 Å². The zero-order valence-corrected chi connectivity index (χ0v) is 20.2. The zero-order valence-electron chi connectivity index (χ0n) is 19.4. The summed E-state index contributed by atoms with van der Waals surface area (Å²) in [6.07, 6.45) is 2.61. The van der Waals surface area contributed by atoms with Gasteiger partial charge in [-0.1, -0.05) is 36.4 Å². The first-order chi connectivity index (χ1) is 15.9. The Labute approximate surface area is 197 Å². The van der Waals surface area contributed by atoms with E-state index in [2.05, 4.69) is 14.5 Å². The average molecular weight is 471 g/mol. The first-order valence-electron chi connectivity index (χ1n) is 11.8. The summed E-state index contributed by atoms with van der Waals surface area (Å²) in [5, 5.41) is 0. The van der Waals surface area contributed by atoms with Crippen molar-refractivity contribution in [2.45, 2.75) is 31.2 Å². The minimum absolute atomic E-state index is 0.103. The van der Waals surface area contributed by atoms with Crippen molar-refractivity contribution in [1.82, 2.24) is 19.4 Å². The van der Waals surface area contributed by atoms with Crippen LogP contribution in [0.1, 0.15) is 34.3 Å². The standard InChI is InChI=1S/C25H34N4O3S/c1-21-9-10-23(19-24(21)33(31,32)26-20-22-7-3-2-4-8-22)25(30)29-17-15-28(16-18-29)14-13-27-11-5-6-12-27/h2-4,7-10,19,26H,5-6,11-18,20H2,1H3. The molecule has 1 N–H and O–H groups in total. The topological polar surface area (TPSA) is 73.0 Å². The molecular formula is C25H34N4O3S. The van der Waals surface area contributed by atoms with E-state index in [1.165, 1.54) is 32.0 Å². The van der Waals surface area contributed by atoms with E-state index in [-0.39, 0.29) is 17.3 Å². The van der Waals surface area contributed by atoms with Crippen LogP contribution < -0.4 is 4.72 Å². The highest BCUT2D eigenvalue weighted by Crippen LogP contribution is 2.19. The number of carbonyl (C=O) groups excluding carboxylic acids is 1. The molecule has 2 fully saturated rings. The first-order valence-corrected chi connectivity index (χ1v) is 13.3. The van der Waals surface area contributed by atoms with Crippen LogP contribution in [0.15, 0.2) is 53.4 Å². The lowest BCUT2D eigenvalue weighted by Crippen LogP contribution is -2.50. The van der Waals surface area contributed by atoms with Crippen LogP contribution in [0.25, 0.3) is 0 Å². The van der Waals surface area contributed by atoms with Gasteiger partial charge in [0.1, 0.15) is 0 Å². The highest BCUT2D eigenvalue weighted by Gasteiger charge is 2.25. The zero-order chi connectivity index (χ0) is 23.3. The third-order valence-electron chi connectivity index (χ3n) is 6.62. The van der Waals surface area contributed by atoms with Crippen LogP contribution >= 0.6 is 0 Å². The number of hydrogen-bond donors (Lipinski definition) is 1. The molecule has 0 spiro atoms. The molecule has 0 unspecified atom stereocenters. The molecular weight excluding hydrogens is 436 g/mol. The second-order valence-corrected chi connectivity index (χ2v) is 10.7. The fraction of sp³-hybridized carbons (Fsp3) is 0.480. The summed E-state index contributed by atoms with van der Waals surface area (Å²) in [6, 6.07) is 14.4. The molecule has 2 aliphatic rings. The lowest BCUT2D eigenvalue weighted by molar-refractivity contribution is 0.0626. The summed E-state index contributed by atoms with van der Waals surface area (Å²) in [6.45, 7) is 9.57. The number of carbonyl (C=O) groups is 1. The van der Waals surface area contributed by atoms with E-state index in [4.69, 9.17) is 0 Å². The molecule has 0 aromatic heterocycles. The number of benzene rings is 2. The molecule has 33 heavy (non-hydrogen) atoms. The number of sulfonamides is 1.